The average molecular weight is 272 g/mol. The van der Waals surface area contributed by atoms with Crippen molar-refractivity contribution in [1.29, 1.82) is 0 Å². The minimum Gasteiger partial charge on any atom is -0.0853 e. The third-order valence-corrected chi connectivity index (χ3v) is 4.29. The van der Waals surface area contributed by atoms with Crippen molar-refractivity contribution in [2.75, 3.05) is 0 Å². The lowest BCUT2D eigenvalue weighted by molar-refractivity contribution is 0.849. The SMILES string of the molecule is CC(C)=C1C/C=C(\C)CC/C=C(/C)CC/C=C(/C)CC1. The van der Waals surface area contributed by atoms with E-state index < -0.39 is 0 Å². The number of allylic oxidation sites excluding steroid dienone is 8. The number of hydrogen-bond donors (Lipinski definition) is 0. The Morgan fingerprint density at radius 1 is 0.700 bits per heavy atom. The molecule has 0 atom stereocenters. The smallest absolute Gasteiger partial charge is 0.0134 e. The molecule has 0 heterocycles. The molecule has 0 nitrogen and oxygen atoms in total. The van der Waals surface area contributed by atoms with Crippen LogP contribution in [-0.4, -0.2) is 0 Å². The van der Waals surface area contributed by atoms with Gasteiger partial charge in [0, 0.05) is 0 Å². The van der Waals surface area contributed by atoms with E-state index in [1.54, 1.807) is 16.7 Å². The summed E-state index contributed by atoms with van der Waals surface area (Å²) in [6, 6.07) is 0. The Balaban J connectivity index is 2.83. The van der Waals surface area contributed by atoms with Crippen LogP contribution in [0.15, 0.2) is 46.1 Å². The largest absolute Gasteiger partial charge is 0.0853 e. The summed E-state index contributed by atoms with van der Waals surface area (Å²) in [5.74, 6) is 0. The number of rotatable bonds is 0. The Kier molecular flexibility index (Phi) is 7.65. The minimum atomic E-state index is 1.14. The molecule has 1 aliphatic rings. The lowest BCUT2D eigenvalue weighted by Gasteiger charge is -2.10. The molecule has 0 bridgehead atoms. The number of hydrogen-bond acceptors (Lipinski definition) is 0. The first-order valence-electron chi connectivity index (χ1n) is 8.11. The molecule has 0 aromatic rings. The van der Waals surface area contributed by atoms with E-state index in [2.05, 4.69) is 52.8 Å². The first kappa shape index (κ1) is 17.0. The normalized spacial score (nSPS) is 27.4. The van der Waals surface area contributed by atoms with Gasteiger partial charge in [-0.25, -0.2) is 0 Å². The quantitative estimate of drug-likeness (QED) is 0.420. The molecule has 112 valence electrons. The fraction of sp³-hybridized carbons (Fsp3) is 0.600. The van der Waals surface area contributed by atoms with Gasteiger partial charge in [0.25, 0.3) is 0 Å². The Morgan fingerprint density at radius 3 is 1.75 bits per heavy atom. The zero-order chi connectivity index (χ0) is 15.0. The highest BCUT2D eigenvalue weighted by Gasteiger charge is 2.02. The summed E-state index contributed by atoms with van der Waals surface area (Å²) in [5.41, 5.74) is 7.76. The minimum absolute atomic E-state index is 1.14. The first-order valence-corrected chi connectivity index (χ1v) is 8.11. The van der Waals surface area contributed by atoms with Gasteiger partial charge >= 0.3 is 0 Å². The van der Waals surface area contributed by atoms with E-state index in [-0.39, 0.29) is 0 Å². The van der Waals surface area contributed by atoms with Crippen molar-refractivity contribution in [3.8, 4) is 0 Å². The third-order valence-electron chi connectivity index (χ3n) is 4.29. The Labute approximate surface area is 126 Å². The molecule has 0 amide bonds. The second kappa shape index (κ2) is 9.00. The molecular weight excluding hydrogens is 240 g/mol. The summed E-state index contributed by atoms with van der Waals surface area (Å²) in [6.45, 7) is 11.4. The van der Waals surface area contributed by atoms with Crippen molar-refractivity contribution in [3.63, 3.8) is 0 Å². The van der Waals surface area contributed by atoms with Crippen LogP contribution in [0.4, 0.5) is 0 Å². The van der Waals surface area contributed by atoms with E-state index in [4.69, 9.17) is 0 Å². The average Bonchev–Trinajstić information content (AvgIpc) is 2.37. The maximum absolute atomic E-state index is 2.44. The van der Waals surface area contributed by atoms with Crippen LogP contribution in [0.1, 0.15) is 79.6 Å². The Bertz CT molecular complexity index is 423. The molecule has 0 aromatic heterocycles. The van der Waals surface area contributed by atoms with E-state index in [9.17, 15) is 0 Å². The van der Waals surface area contributed by atoms with Gasteiger partial charge in [0.1, 0.15) is 0 Å². The van der Waals surface area contributed by atoms with Crippen LogP contribution >= 0.6 is 0 Å². The fourth-order valence-electron chi connectivity index (χ4n) is 2.60. The van der Waals surface area contributed by atoms with E-state index >= 15 is 0 Å². The molecule has 0 radical (unpaired) electrons. The molecule has 0 aromatic carbocycles. The molecule has 0 N–H and O–H groups in total. The summed E-state index contributed by atoms with van der Waals surface area (Å²) in [5, 5.41) is 0. The molecule has 1 rings (SSSR count). The summed E-state index contributed by atoms with van der Waals surface area (Å²) >= 11 is 0. The molecule has 0 unspecified atom stereocenters. The van der Waals surface area contributed by atoms with E-state index in [1.807, 2.05) is 0 Å². The predicted octanol–water partition coefficient (Wildman–Crippen LogP) is 6.91. The van der Waals surface area contributed by atoms with Crippen LogP contribution in [-0.2, 0) is 0 Å². The summed E-state index contributed by atoms with van der Waals surface area (Å²) in [6.07, 6.45) is 15.7. The van der Waals surface area contributed by atoms with Gasteiger partial charge in [-0.15, -0.1) is 0 Å². The van der Waals surface area contributed by atoms with Crippen molar-refractivity contribution >= 4 is 0 Å². The highest BCUT2D eigenvalue weighted by molar-refractivity contribution is 5.18. The van der Waals surface area contributed by atoms with Gasteiger partial charge in [0.2, 0.25) is 0 Å². The molecule has 0 saturated carbocycles. The zero-order valence-corrected chi connectivity index (χ0v) is 14.2. The monoisotopic (exact) mass is 272 g/mol. The lowest BCUT2D eigenvalue weighted by Crippen LogP contribution is -1.90. The van der Waals surface area contributed by atoms with Crippen LogP contribution in [0.25, 0.3) is 0 Å². The first-order chi connectivity index (χ1) is 9.49. The Morgan fingerprint density at radius 2 is 1.20 bits per heavy atom. The maximum atomic E-state index is 2.44. The Hall–Kier alpha value is -1.04. The van der Waals surface area contributed by atoms with Gasteiger partial charge in [0.15, 0.2) is 0 Å². The van der Waals surface area contributed by atoms with Crippen molar-refractivity contribution in [3.05, 3.63) is 46.1 Å². The van der Waals surface area contributed by atoms with E-state index in [0.717, 1.165) is 6.42 Å². The fourth-order valence-corrected chi connectivity index (χ4v) is 2.60. The van der Waals surface area contributed by atoms with Crippen LogP contribution in [0.3, 0.4) is 0 Å². The van der Waals surface area contributed by atoms with Crippen LogP contribution in [0, 0.1) is 0 Å². The standard InChI is InChI=1S/C20H32/c1-16(2)20-14-12-18(4)10-6-8-17(3)9-7-11-19(5)13-15-20/h8,11-12H,6-7,9-10,13-15H2,1-5H3/b17-8-,18-12+,19-11-. The summed E-state index contributed by atoms with van der Waals surface area (Å²) in [4.78, 5) is 0. The molecule has 0 spiro atoms. The second-order valence-electron chi connectivity index (χ2n) is 6.54. The summed E-state index contributed by atoms with van der Waals surface area (Å²) < 4.78 is 0. The van der Waals surface area contributed by atoms with Gasteiger partial charge in [-0.05, 0) is 79.6 Å². The molecule has 1 aliphatic carbocycles. The highest BCUT2D eigenvalue weighted by atomic mass is 14.1. The molecule has 0 heteroatoms. The molecule has 0 aliphatic heterocycles. The van der Waals surface area contributed by atoms with Gasteiger partial charge in [0.05, 0.1) is 0 Å². The van der Waals surface area contributed by atoms with E-state index in [0.29, 0.717) is 0 Å². The molecule has 0 fully saturated rings. The predicted molar refractivity (Wildman–Crippen MR) is 92.0 cm³/mol. The van der Waals surface area contributed by atoms with Crippen molar-refractivity contribution < 1.29 is 0 Å². The maximum Gasteiger partial charge on any atom is -0.0134 e. The van der Waals surface area contributed by atoms with Crippen molar-refractivity contribution in [2.45, 2.75) is 79.6 Å². The molecular formula is C20H32. The highest BCUT2D eigenvalue weighted by Crippen LogP contribution is 2.22. The van der Waals surface area contributed by atoms with Crippen LogP contribution < -0.4 is 0 Å². The third kappa shape index (κ3) is 6.93. The van der Waals surface area contributed by atoms with Gasteiger partial charge in [-0.1, -0.05) is 46.1 Å². The van der Waals surface area contributed by atoms with Gasteiger partial charge in [-0.3, -0.25) is 0 Å². The lowest BCUT2D eigenvalue weighted by atomic mass is 9.96. The zero-order valence-electron chi connectivity index (χ0n) is 14.2. The molecule has 20 heavy (non-hydrogen) atoms. The van der Waals surface area contributed by atoms with Crippen LogP contribution in [0.5, 0.6) is 0 Å². The van der Waals surface area contributed by atoms with Crippen molar-refractivity contribution in [2.24, 2.45) is 0 Å². The molecule has 0 saturated heterocycles. The topological polar surface area (TPSA) is 0 Å². The van der Waals surface area contributed by atoms with E-state index in [1.165, 1.54) is 49.7 Å². The van der Waals surface area contributed by atoms with Gasteiger partial charge in [-0.2, -0.15) is 0 Å². The van der Waals surface area contributed by atoms with Crippen molar-refractivity contribution in [1.82, 2.24) is 0 Å². The summed E-state index contributed by atoms with van der Waals surface area (Å²) in [7, 11) is 0. The van der Waals surface area contributed by atoms with Gasteiger partial charge < -0.3 is 0 Å². The van der Waals surface area contributed by atoms with Crippen LogP contribution in [0.2, 0.25) is 0 Å². The second-order valence-corrected chi connectivity index (χ2v) is 6.54.